The van der Waals surface area contributed by atoms with Crippen LogP contribution in [0.25, 0.3) is 5.95 Å². The van der Waals surface area contributed by atoms with Crippen molar-refractivity contribution in [3.8, 4) is 24.1 Å². The van der Waals surface area contributed by atoms with Gasteiger partial charge in [0.05, 0.1) is 7.11 Å². The highest BCUT2D eigenvalue weighted by Gasteiger charge is 2.15. The lowest BCUT2D eigenvalue weighted by Crippen LogP contribution is -2.06. The van der Waals surface area contributed by atoms with Gasteiger partial charge in [0, 0.05) is 0 Å². The highest BCUT2D eigenvalue weighted by atomic mass is 35.5. The molecule has 0 fully saturated rings. The SMILES string of the molecule is COc1nc(Cl)nc(-n2cnc(C#N)c2C#N)n1. The molecular formula is C9H4ClN7O. The van der Waals surface area contributed by atoms with Crippen LogP contribution in [0.5, 0.6) is 6.01 Å². The van der Waals surface area contributed by atoms with Crippen molar-refractivity contribution in [1.82, 2.24) is 24.5 Å². The third kappa shape index (κ3) is 1.93. The fourth-order valence-corrected chi connectivity index (χ4v) is 1.36. The predicted molar refractivity (Wildman–Crippen MR) is 57.9 cm³/mol. The Morgan fingerprint density at radius 2 is 2.06 bits per heavy atom. The summed E-state index contributed by atoms with van der Waals surface area (Å²) in [6.07, 6.45) is 1.25. The molecule has 0 atom stereocenters. The molecule has 2 rings (SSSR count). The standard InChI is InChI=1S/C9H4ClN7O/c1-18-9-15-7(10)14-8(16-9)17-4-13-5(2-11)6(17)3-12/h4H,1H3. The van der Waals surface area contributed by atoms with Gasteiger partial charge in [0.1, 0.15) is 18.5 Å². The zero-order chi connectivity index (χ0) is 13.1. The van der Waals surface area contributed by atoms with Gasteiger partial charge in [0.15, 0.2) is 11.4 Å². The zero-order valence-electron chi connectivity index (χ0n) is 8.99. The van der Waals surface area contributed by atoms with Gasteiger partial charge in [-0.1, -0.05) is 0 Å². The number of imidazole rings is 1. The van der Waals surface area contributed by atoms with Crippen LogP contribution in [0.4, 0.5) is 0 Å². The average Bonchev–Trinajstić information content (AvgIpc) is 2.80. The maximum Gasteiger partial charge on any atom is 0.322 e. The molecule has 0 radical (unpaired) electrons. The first-order valence-electron chi connectivity index (χ1n) is 4.53. The first kappa shape index (κ1) is 11.8. The Morgan fingerprint density at radius 1 is 1.28 bits per heavy atom. The molecule has 9 heteroatoms. The number of ether oxygens (including phenoxy) is 1. The summed E-state index contributed by atoms with van der Waals surface area (Å²) in [6.45, 7) is 0. The Morgan fingerprint density at radius 3 is 2.67 bits per heavy atom. The molecule has 18 heavy (non-hydrogen) atoms. The van der Waals surface area contributed by atoms with Crippen LogP contribution in [0.15, 0.2) is 6.33 Å². The second kappa shape index (κ2) is 4.65. The summed E-state index contributed by atoms with van der Waals surface area (Å²) in [5, 5.41) is 17.7. The van der Waals surface area contributed by atoms with E-state index < -0.39 is 0 Å². The summed E-state index contributed by atoms with van der Waals surface area (Å²) in [4.78, 5) is 15.2. The van der Waals surface area contributed by atoms with Crippen LogP contribution in [0.2, 0.25) is 5.28 Å². The summed E-state index contributed by atoms with van der Waals surface area (Å²) < 4.78 is 6.07. The topological polar surface area (TPSA) is 113 Å². The molecule has 0 aliphatic rings. The van der Waals surface area contributed by atoms with Crippen LogP contribution in [-0.4, -0.2) is 31.6 Å². The van der Waals surface area contributed by atoms with Gasteiger partial charge in [-0.15, -0.1) is 0 Å². The number of aromatic nitrogens is 5. The molecule has 0 unspecified atom stereocenters. The van der Waals surface area contributed by atoms with Crippen LogP contribution < -0.4 is 4.74 Å². The van der Waals surface area contributed by atoms with E-state index in [1.165, 1.54) is 18.0 Å². The lowest BCUT2D eigenvalue weighted by Gasteiger charge is -2.03. The first-order valence-corrected chi connectivity index (χ1v) is 4.91. The summed E-state index contributed by atoms with van der Waals surface area (Å²) in [6, 6.07) is 3.64. The number of nitrogens with zero attached hydrogens (tertiary/aromatic N) is 7. The predicted octanol–water partition coefficient (Wildman–Crippen LogP) is 0.463. The molecule has 0 N–H and O–H groups in total. The number of nitriles is 2. The fourth-order valence-electron chi connectivity index (χ4n) is 1.21. The minimum absolute atomic E-state index is 0.00102. The van der Waals surface area contributed by atoms with Crippen LogP contribution >= 0.6 is 11.6 Å². The van der Waals surface area contributed by atoms with Gasteiger partial charge < -0.3 is 4.74 Å². The van der Waals surface area contributed by atoms with Gasteiger partial charge in [-0.05, 0) is 11.6 Å². The molecular weight excluding hydrogens is 258 g/mol. The number of hydrogen-bond donors (Lipinski definition) is 0. The van der Waals surface area contributed by atoms with Crippen molar-refractivity contribution in [3.63, 3.8) is 0 Å². The van der Waals surface area contributed by atoms with E-state index in [0.29, 0.717) is 0 Å². The molecule has 2 aromatic heterocycles. The van der Waals surface area contributed by atoms with E-state index in [9.17, 15) is 0 Å². The van der Waals surface area contributed by atoms with Crippen molar-refractivity contribution in [3.05, 3.63) is 23.0 Å². The van der Waals surface area contributed by atoms with E-state index in [2.05, 4.69) is 19.9 Å². The molecule has 0 saturated heterocycles. The lowest BCUT2D eigenvalue weighted by atomic mass is 10.3. The van der Waals surface area contributed by atoms with Crippen LogP contribution in [-0.2, 0) is 0 Å². The molecule has 0 bridgehead atoms. The molecule has 2 heterocycles. The molecule has 0 saturated carbocycles. The maximum absolute atomic E-state index is 8.98. The Hall–Kier alpha value is -2.71. The number of methoxy groups -OCH3 is 1. The van der Waals surface area contributed by atoms with E-state index in [0.717, 1.165) is 0 Å². The normalized spacial score (nSPS) is 9.56. The molecule has 0 aromatic carbocycles. The summed E-state index contributed by atoms with van der Waals surface area (Å²) in [5.74, 6) is 0.0531. The van der Waals surface area contributed by atoms with Crippen molar-refractivity contribution in [1.29, 1.82) is 10.5 Å². The lowest BCUT2D eigenvalue weighted by molar-refractivity contribution is 0.377. The largest absolute Gasteiger partial charge is 0.467 e. The Labute approximate surface area is 106 Å². The smallest absolute Gasteiger partial charge is 0.322 e. The summed E-state index contributed by atoms with van der Waals surface area (Å²) in [7, 11) is 1.37. The molecule has 88 valence electrons. The Balaban J connectivity index is 2.63. The molecule has 0 spiro atoms. The second-order valence-corrected chi connectivity index (χ2v) is 3.26. The summed E-state index contributed by atoms with van der Waals surface area (Å²) >= 11 is 5.69. The van der Waals surface area contributed by atoms with Crippen LogP contribution in [0.1, 0.15) is 11.4 Å². The minimum Gasteiger partial charge on any atom is -0.467 e. The van der Waals surface area contributed by atoms with Gasteiger partial charge in [0.25, 0.3) is 0 Å². The van der Waals surface area contributed by atoms with Gasteiger partial charge in [0.2, 0.25) is 11.2 Å². The van der Waals surface area contributed by atoms with Crippen molar-refractivity contribution < 1.29 is 4.74 Å². The molecule has 2 aromatic rings. The van der Waals surface area contributed by atoms with Gasteiger partial charge in [-0.2, -0.15) is 25.5 Å². The van der Waals surface area contributed by atoms with E-state index in [1.807, 2.05) is 6.07 Å². The van der Waals surface area contributed by atoms with Gasteiger partial charge >= 0.3 is 6.01 Å². The number of rotatable bonds is 2. The van der Waals surface area contributed by atoms with E-state index in [1.54, 1.807) is 6.07 Å². The fraction of sp³-hybridized carbons (Fsp3) is 0.111. The van der Waals surface area contributed by atoms with Crippen molar-refractivity contribution >= 4 is 11.6 Å². The Bertz CT molecular complexity index is 681. The van der Waals surface area contributed by atoms with Crippen LogP contribution in [0.3, 0.4) is 0 Å². The van der Waals surface area contributed by atoms with Crippen molar-refractivity contribution in [2.75, 3.05) is 7.11 Å². The molecule has 0 aliphatic carbocycles. The number of halogens is 1. The molecule has 0 amide bonds. The van der Waals surface area contributed by atoms with Gasteiger partial charge in [-0.3, -0.25) is 4.57 Å². The average molecular weight is 262 g/mol. The minimum atomic E-state index is -0.0899. The maximum atomic E-state index is 8.98. The van der Waals surface area contributed by atoms with Crippen molar-refractivity contribution in [2.24, 2.45) is 0 Å². The highest BCUT2D eigenvalue weighted by Crippen LogP contribution is 2.14. The number of hydrogen-bond acceptors (Lipinski definition) is 7. The Kier molecular flexibility index (Phi) is 3.04. The first-order chi connectivity index (χ1) is 8.69. The molecule has 0 aliphatic heterocycles. The van der Waals surface area contributed by atoms with E-state index in [4.69, 9.17) is 26.9 Å². The van der Waals surface area contributed by atoms with Crippen LogP contribution in [0, 0.1) is 22.7 Å². The monoisotopic (exact) mass is 261 g/mol. The zero-order valence-corrected chi connectivity index (χ0v) is 9.75. The third-order valence-electron chi connectivity index (χ3n) is 1.95. The highest BCUT2D eigenvalue weighted by molar-refractivity contribution is 6.28. The van der Waals surface area contributed by atoms with E-state index in [-0.39, 0.29) is 28.6 Å². The molecule has 8 nitrogen and oxygen atoms in total. The van der Waals surface area contributed by atoms with Gasteiger partial charge in [-0.25, -0.2) is 4.98 Å². The van der Waals surface area contributed by atoms with E-state index >= 15 is 0 Å². The third-order valence-corrected chi connectivity index (χ3v) is 2.12. The van der Waals surface area contributed by atoms with Crippen molar-refractivity contribution in [2.45, 2.75) is 0 Å². The summed E-state index contributed by atoms with van der Waals surface area (Å²) in [5.41, 5.74) is -0.00480. The quantitative estimate of drug-likeness (QED) is 0.771. The second-order valence-electron chi connectivity index (χ2n) is 2.93.